The summed E-state index contributed by atoms with van der Waals surface area (Å²) in [6, 6.07) is 8.86. The number of carboxylic acid groups (broad SMARTS) is 1. The molecule has 0 atom stereocenters. The summed E-state index contributed by atoms with van der Waals surface area (Å²) in [5, 5.41) is 9.37. The molecule has 0 aliphatic carbocycles. The highest BCUT2D eigenvalue weighted by atomic mass is 16.4. The third kappa shape index (κ3) is 2.27. The summed E-state index contributed by atoms with van der Waals surface area (Å²) < 4.78 is 2.05. The average Bonchev–Trinajstić information content (AvgIpc) is 2.86. The highest BCUT2D eigenvalue weighted by Crippen LogP contribution is 2.27. The number of pyridine rings is 1. The number of aromatic nitrogens is 3. The van der Waals surface area contributed by atoms with Gasteiger partial charge in [-0.15, -0.1) is 0 Å². The molecule has 0 spiro atoms. The van der Waals surface area contributed by atoms with Crippen LogP contribution in [0, 0.1) is 0 Å². The van der Waals surface area contributed by atoms with Crippen LogP contribution in [0.25, 0.3) is 22.4 Å². The van der Waals surface area contributed by atoms with E-state index in [4.69, 9.17) is 0 Å². The molecular weight excluding hydrogens is 266 g/mol. The quantitative estimate of drug-likeness (QED) is 0.797. The normalized spacial score (nSPS) is 10.9. The van der Waals surface area contributed by atoms with Gasteiger partial charge in [0, 0.05) is 18.3 Å². The lowest BCUT2D eigenvalue weighted by molar-refractivity contribution is 0.0697. The van der Waals surface area contributed by atoms with E-state index in [0.29, 0.717) is 11.4 Å². The summed E-state index contributed by atoms with van der Waals surface area (Å²) in [5.74, 6) is -0.267. The van der Waals surface area contributed by atoms with E-state index in [-0.39, 0.29) is 5.56 Å². The number of aromatic carboxylic acids is 1. The zero-order valence-electron chi connectivity index (χ0n) is 11.7. The van der Waals surface area contributed by atoms with Gasteiger partial charge in [-0.1, -0.05) is 25.1 Å². The Labute approximate surface area is 121 Å². The summed E-state index contributed by atoms with van der Waals surface area (Å²) in [4.78, 5) is 20.1. The first-order chi connectivity index (χ1) is 10.2. The summed E-state index contributed by atoms with van der Waals surface area (Å²) >= 11 is 0. The minimum absolute atomic E-state index is 0.262. The number of carbonyl (C=O) groups is 1. The number of hydrogen-bond acceptors (Lipinski definition) is 3. The van der Waals surface area contributed by atoms with E-state index in [1.54, 1.807) is 30.6 Å². The van der Waals surface area contributed by atoms with Crippen molar-refractivity contribution in [3.63, 3.8) is 0 Å². The summed E-state index contributed by atoms with van der Waals surface area (Å²) in [6.45, 7) is 2.86. The van der Waals surface area contributed by atoms with Crippen LogP contribution < -0.4 is 0 Å². The molecule has 2 aromatic heterocycles. The minimum atomic E-state index is -0.946. The Kier molecular flexibility index (Phi) is 3.39. The Morgan fingerprint density at radius 1 is 1.29 bits per heavy atom. The molecule has 5 heteroatoms. The number of nitrogens with zero attached hydrogens (tertiary/aromatic N) is 3. The second kappa shape index (κ2) is 5.36. The molecule has 0 saturated heterocycles. The van der Waals surface area contributed by atoms with Gasteiger partial charge in [-0.2, -0.15) is 0 Å². The Hall–Kier alpha value is -2.69. The Balaban J connectivity index is 2.30. The standard InChI is InChI=1S/C16H15N3O2/c1-2-9-19-14-7-8-17-10-13(14)18-15(19)11-5-3-4-6-12(11)16(20)21/h3-8,10H,2,9H2,1H3,(H,20,21). The number of benzene rings is 1. The zero-order valence-corrected chi connectivity index (χ0v) is 11.7. The van der Waals surface area contributed by atoms with Gasteiger partial charge >= 0.3 is 5.97 Å². The van der Waals surface area contributed by atoms with E-state index in [0.717, 1.165) is 24.0 Å². The molecule has 0 fully saturated rings. The van der Waals surface area contributed by atoms with Gasteiger partial charge in [-0.05, 0) is 18.6 Å². The fourth-order valence-corrected chi connectivity index (χ4v) is 2.50. The van der Waals surface area contributed by atoms with Crippen LogP contribution in [0.4, 0.5) is 0 Å². The van der Waals surface area contributed by atoms with Crippen molar-refractivity contribution in [2.24, 2.45) is 0 Å². The number of fused-ring (bicyclic) bond motifs is 1. The second-order valence-electron chi connectivity index (χ2n) is 4.80. The maximum atomic E-state index is 11.4. The van der Waals surface area contributed by atoms with Gasteiger partial charge in [0.15, 0.2) is 0 Å². The molecule has 0 saturated carbocycles. The topological polar surface area (TPSA) is 68.0 Å². The van der Waals surface area contributed by atoms with Crippen LogP contribution >= 0.6 is 0 Å². The maximum Gasteiger partial charge on any atom is 0.336 e. The van der Waals surface area contributed by atoms with Crippen LogP contribution in [-0.4, -0.2) is 25.6 Å². The lowest BCUT2D eigenvalue weighted by Crippen LogP contribution is -2.04. The van der Waals surface area contributed by atoms with Crippen LogP contribution in [0.15, 0.2) is 42.7 Å². The Bertz CT molecular complexity index is 808. The van der Waals surface area contributed by atoms with Gasteiger partial charge in [0.05, 0.1) is 17.3 Å². The molecule has 0 amide bonds. The molecule has 106 valence electrons. The molecule has 1 N–H and O–H groups in total. The first-order valence-electron chi connectivity index (χ1n) is 6.85. The highest BCUT2D eigenvalue weighted by molar-refractivity contribution is 5.96. The SMILES string of the molecule is CCCn1c(-c2ccccc2C(=O)O)nc2cnccc21. The monoisotopic (exact) mass is 281 g/mol. The summed E-state index contributed by atoms with van der Waals surface area (Å²) in [5.41, 5.74) is 2.65. The van der Waals surface area contributed by atoms with E-state index < -0.39 is 5.97 Å². The molecule has 1 aromatic carbocycles. The van der Waals surface area contributed by atoms with Crippen molar-refractivity contribution in [3.8, 4) is 11.4 Å². The molecule has 3 rings (SSSR count). The van der Waals surface area contributed by atoms with Crippen molar-refractivity contribution in [2.75, 3.05) is 0 Å². The van der Waals surface area contributed by atoms with Crippen LogP contribution in [0.5, 0.6) is 0 Å². The molecule has 21 heavy (non-hydrogen) atoms. The van der Waals surface area contributed by atoms with E-state index in [9.17, 15) is 9.90 Å². The van der Waals surface area contributed by atoms with E-state index in [1.165, 1.54) is 0 Å². The molecular formula is C16H15N3O2. The van der Waals surface area contributed by atoms with Gasteiger partial charge in [0.2, 0.25) is 0 Å². The number of carboxylic acids is 1. The van der Waals surface area contributed by atoms with Crippen molar-refractivity contribution in [1.29, 1.82) is 0 Å². The maximum absolute atomic E-state index is 11.4. The van der Waals surface area contributed by atoms with Gasteiger partial charge in [-0.3, -0.25) is 4.98 Å². The van der Waals surface area contributed by atoms with Crippen LogP contribution in [0.3, 0.4) is 0 Å². The summed E-state index contributed by atoms with van der Waals surface area (Å²) in [6.07, 6.45) is 4.37. The third-order valence-electron chi connectivity index (χ3n) is 3.40. The lowest BCUT2D eigenvalue weighted by Gasteiger charge is -2.09. The first kappa shape index (κ1) is 13.3. The molecule has 0 aliphatic heterocycles. The smallest absolute Gasteiger partial charge is 0.336 e. The van der Waals surface area contributed by atoms with E-state index >= 15 is 0 Å². The largest absolute Gasteiger partial charge is 0.478 e. The van der Waals surface area contributed by atoms with E-state index in [1.807, 2.05) is 12.1 Å². The third-order valence-corrected chi connectivity index (χ3v) is 3.40. The number of imidazole rings is 1. The zero-order chi connectivity index (χ0) is 14.8. The molecule has 0 aliphatic rings. The molecule has 3 aromatic rings. The molecule has 2 heterocycles. The number of aryl methyl sites for hydroxylation is 1. The lowest BCUT2D eigenvalue weighted by atomic mass is 10.1. The molecule has 0 radical (unpaired) electrons. The van der Waals surface area contributed by atoms with Crippen molar-refractivity contribution in [1.82, 2.24) is 14.5 Å². The first-order valence-corrected chi connectivity index (χ1v) is 6.85. The second-order valence-corrected chi connectivity index (χ2v) is 4.80. The fraction of sp³-hybridized carbons (Fsp3) is 0.188. The van der Waals surface area contributed by atoms with E-state index in [2.05, 4.69) is 21.5 Å². The van der Waals surface area contributed by atoms with Crippen molar-refractivity contribution >= 4 is 17.0 Å². The summed E-state index contributed by atoms with van der Waals surface area (Å²) in [7, 11) is 0. The molecule has 0 bridgehead atoms. The number of hydrogen-bond donors (Lipinski definition) is 1. The molecule has 5 nitrogen and oxygen atoms in total. The van der Waals surface area contributed by atoms with Crippen molar-refractivity contribution < 1.29 is 9.90 Å². The predicted molar refractivity (Wildman–Crippen MR) is 80.2 cm³/mol. The van der Waals surface area contributed by atoms with Gasteiger partial charge in [0.1, 0.15) is 11.3 Å². The average molecular weight is 281 g/mol. The van der Waals surface area contributed by atoms with Gasteiger partial charge in [-0.25, -0.2) is 9.78 Å². The van der Waals surface area contributed by atoms with Crippen LogP contribution in [0.1, 0.15) is 23.7 Å². The Morgan fingerprint density at radius 3 is 2.86 bits per heavy atom. The van der Waals surface area contributed by atoms with Crippen molar-refractivity contribution in [3.05, 3.63) is 48.3 Å². The fourth-order valence-electron chi connectivity index (χ4n) is 2.50. The van der Waals surface area contributed by atoms with Crippen LogP contribution in [-0.2, 0) is 6.54 Å². The van der Waals surface area contributed by atoms with Gasteiger partial charge in [0.25, 0.3) is 0 Å². The van der Waals surface area contributed by atoms with Gasteiger partial charge < -0.3 is 9.67 Å². The van der Waals surface area contributed by atoms with Crippen molar-refractivity contribution in [2.45, 2.75) is 19.9 Å². The predicted octanol–water partition coefficient (Wildman–Crippen LogP) is 3.21. The highest BCUT2D eigenvalue weighted by Gasteiger charge is 2.17. The molecule has 0 unspecified atom stereocenters. The number of rotatable bonds is 4. The Morgan fingerprint density at radius 2 is 2.10 bits per heavy atom. The minimum Gasteiger partial charge on any atom is -0.478 e. The van der Waals surface area contributed by atoms with Crippen LogP contribution in [0.2, 0.25) is 0 Å².